The summed E-state index contributed by atoms with van der Waals surface area (Å²) >= 11 is 0. The minimum Gasteiger partial charge on any atom is -0.490 e. The van der Waals surface area contributed by atoms with Gasteiger partial charge in [0.15, 0.2) is 17.5 Å². The molecule has 3 rings (SSSR count). The smallest absolute Gasteiger partial charge is 0.239 e. The monoisotopic (exact) mass is 556 g/mol. The second-order valence-corrected chi connectivity index (χ2v) is 8.24. The van der Waals surface area contributed by atoms with Gasteiger partial charge in [0.1, 0.15) is 5.82 Å². The number of hydrogen-bond donors (Lipinski definition) is 3. The van der Waals surface area contributed by atoms with E-state index in [4.69, 9.17) is 9.47 Å². The maximum atomic E-state index is 14.0. The zero-order valence-corrected chi connectivity index (χ0v) is 20.9. The summed E-state index contributed by atoms with van der Waals surface area (Å²) in [5.41, 5.74) is 0.826. The van der Waals surface area contributed by atoms with Crippen molar-refractivity contribution in [3.05, 3.63) is 53.8 Å². The number of nitrogens with one attached hydrogen (secondary N) is 3. The third-order valence-electron chi connectivity index (χ3n) is 4.31. The van der Waals surface area contributed by atoms with Crippen LogP contribution in [0.25, 0.3) is 0 Å². The Hall–Kier alpha value is -2.56. The van der Waals surface area contributed by atoms with Crippen LogP contribution in [0.15, 0.2) is 47.5 Å². The first-order valence-corrected chi connectivity index (χ1v) is 10.3. The zero-order valence-electron chi connectivity index (χ0n) is 18.5. The van der Waals surface area contributed by atoms with Gasteiger partial charge in [-0.15, -0.1) is 24.0 Å². The van der Waals surface area contributed by atoms with Crippen molar-refractivity contribution in [2.75, 3.05) is 25.1 Å². The number of fused-ring (bicyclic) bond motifs is 1. The number of benzene rings is 2. The molecule has 0 saturated carbocycles. The quantitative estimate of drug-likeness (QED) is 0.294. The van der Waals surface area contributed by atoms with Gasteiger partial charge in [0.2, 0.25) is 5.91 Å². The summed E-state index contributed by atoms with van der Waals surface area (Å²) in [7, 11) is 0. The molecule has 0 spiro atoms. The molecule has 1 aliphatic heterocycles. The van der Waals surface area contributed by atoms with Gasteiger partial charge in [-0.05, 0) is 39.0 Å². The lowest BCUT2D eigenvalue weighted by molar-refractivity contribution is -0.121. The molecule has 7 nitrogen and oxygen atoms in total. The lowest BCUT2D eigenvalue weighted by Gasteiger charge is -2.21. The molecule has 1 aliphatic rings. The lowest BCUT2D eigenvalue weighted by Crippen LogP contribution is -2.46. The van der Waals surface area contributed by atoms with E-state index < -0.39 is 0 Å². The molecule has 0 unspecified atom stereocenters. The molecule has 9 heteroatoms. The summed E-state index contributed by atoms with van der Waals surface area (Å²) in [6.07, 6.45) is 0.817. The normalized spacial score (nSPS) is 13.4. The van der Waals surface area contributed by atoms with Crippen molar-refractivity contribution in [3.63, 3.8) is 0 Å². The van der Waals surface area contributed by atoms with E-state index in [1.165, 1.54) is 6.07 Å². The van der Waals surface area contributed by atoms with Crippen molar-refractivity contribution >= 4 is 41.5 Å². The van der Waals surface area contributed by atoms with Gasteiger partial charge in [-0.25, -0.2) is 9.38 Å². The molecule has 0 aliphatic carbocycles. The number of aliphatic imine (C=N–C) groups is 1. The van der Waals surface area contributed by atoms with Crippen molar-refractivity contribution in [2.45, 2.75) is 39.3 Å². The number of halogens is 2. The Morgan fingerprint density at radius 1 is 1.09 bits per heavy atom. The van der Waals surface area contributed by atoms with Crippen molar-refractivity contribution in [2.24, 2.45) is 4.99 Å². The standard InChI is InChI=1S/C23H29FN4O3.HI/c1-23(2,3)28-21(29)15-26-22(25-14-16-7-4-5-8-18(16)24)27-17-9-10-19-20(13-17)31-12-6-11-30-19;/h4-5,7-10,13H,6,11-12,14-15H2,1-3H3,(H,28,29)(H2,25,26,27);1H. The van der Waals surface area contributed by atoms with Crippen molar-refractivity contribution < 1.29 is 18.7 Å². The van der Waals surface area contributed by atoms with Crippen LogP contribution in [0, 0.1) is 5.82 Å². The highest BCUT2D eigenvalue weighted by Gasteiger charge is 2.15. The highest BCUT2D eigenvalue weighted by Crippen LogP contribution is 2.32. The van der Waals surface area contributed by atoms with Gasteiger partial charge in [-0.1, -0.05) is 18.2 Å². The highest BCUT2D eigenvalue weighted by molar-refractivity contribution is 14.0. The van der Waals surface area contributed by atoms with Gasteiger partial charge in [0.05, 0.1) is 26.3 Å². The molecule has 0 atom stereocenters. The summed E-state index contributed by atoms with van der Waals surface area (Å²) in [6.45, 7) is 7.06. The Balaban J connectivity index is 0.00000363. The molecule has 0 radical (unpaired) electrons. The van der Waals surface area contributed by atoms with Crippen LogP contribution in [0.5, 0.6) is 11.5 Å². The summed E-state index contributed by atoms with van der Waals surface area (Å²) in [4.78, 5) is 16.7. The summed E-state index contributed by atoms with van der Waals surface area (Å²) in [6, 6.07) is 11.9. The molecule has 3 N–H and O–H groups in total. The number of hydrogen-bond acceptors (Lipinski definition) is 4. The first kappa shape index (κ1) is 25.7. The zero-order chi connectivity index (χ0) is 22.3. The van der Waals surface area contributed by atoms with Gasteiger partial charge in [-0.3, -0.25) is 4.79 Å². The van der Waals surface area contributed by atoms with Crippen LogP contribution in [0.1, 0.15) is 32.8 Å². The van der Waals surface area contributed by atoms with Crippen molar-refractivity contribution in [1.82, 2.24) is 10.6 Å². The van der Waals surface area contributed by atoms with Crippen LogP contribution >= 0.6 is 24.0 Å². The topological polar surface area (TPSA) is 84.0 Å². The number of guanidine groups is 1. The van der Waals surface area contributed by atoms with Crippen molar-refractivity contribution in [3.8, 4) is 11.5 Å². The first-order chi connectivity index (χ1) is 14.8. The van der Waals surface area contributed by atoms with Crippen LogP contribution in [-0.2, 0) is 11.3 Å². The Morgan fingerprint density at radius 3 is 2.53 bits per heavy atom. The van der Waals surface area contributed by atoms with E-state index in [9.17, 15) is 9.18 Å². The summed E-state index contributed by atoms with van der Waals surface area (Å²) in [5.74, 6) is 1.17. The van der Waals surface area contributed by atoms with E-state index in [-0.39, 0.29) is 54.3 Å². The molecule has 0 saturated heterocycles. The molecule has 0 bridgehead atoms. The van der Waals surface area contributed by atoms with E-state index in [0.717, 1.165) is 6.42 Å². The number of ether oxygens (including phenoxy) is 2. The fourth-order valence-electron chi connectivity index (χ4n) is 2.93. The van der Waals surface area contributed by atoms with Gasteiger partial charge < -0.3 is 25.4 Å². The van der Waals surface area contributed by atoms with Crippen LogP contribution in [-0.4, -0.2) is 37.2 Å². The van der Waals surface area contributed by atoms with E-state index in [2.05, 4.69) is 20.9 Å². The second-order valence-electron chi connectivity index (χ2n) is 8.24. The van der Waals surface area contributed by atoms with Crippen LogP contribution in [0.2, 0.25) is 0 Å². The van der Waals surface area contributed by atoms with E-state index in [1.54, 1.807) is 18.2 Å². The predicted octanol–water partition coefficient (Wildman–Crippen LogP) is 4.08. The second kappa shape index (κ2) is 11.9. The number of carbonyl (C=O) groups excluding carboxylic acids is 1. The lowest BCUT2D eigenvalue weighted by atomic mass is 10.1. The van der Waals surface area contributed by atoms with Gasteiger partial charge >= 0.3 is 0 Å². The van der Waals surface area contributed by atoms with Crippen molar-refractivity contribution in [1.29, 1.82) is 0 Å². The number of anilines is 1. The number of nitrogens with zero attached hydrogens (tertiary/aromatic N) is 1. The summed E-state index contributed by atoms with van der Waals surface area (Å²) < 4.78 is 25.4. The fourth-order valence-corrected chi connectivity index (χ4v) is 2.93. The number of carbonyl (C=O) groups is 1. The Morgan fingerprint density at radius 2 is 1.81 bits per heavy atom. The average Bonchev–Trinajstić information content (AvgIpc) is 2.95. The maximum Gasteiger partial charge on any atom is 0.239 e. The molecular weight excluding hydrogens is 526 g/mol. The van der Waals surface area contributed by atoms with Gasteiger partial charge in [-0.2, -0.15) is 0 Å². The summed E-state index contributed by atoms with van der Waals surface area (Å²) in [5, 5.41) is 9.05. The Kier molecular flexibility index (Phi) is 9.55. The Bertz CT molecular complexity index is 947. The maximum absolute atomic E-state index is 14.0. The number of amides is 1. The first-order valence-electron chi connectivity index (χ1n) is 10.3. The molecule has 1 heterocycles. The average molecular weight is 556 g/mol. The molecule has 1 amide bonds. The van der Waals surface area contributed by atoms with E-state index in [0.29, 0.717) is 41.9 Å². The third kappa shape index (κ3) is 8.18. The molecule has 2 aromatic carbocycles. The molecular formula is C23H30FIN4O3. The molecule has 0 fully saturated rings. The van der Waals surface area contributed by atoms with Gasteiger partial charge in [0, 0.05) is 29.3 Å². The molecule has 2 aromatic rings. The van der Waals surface area contributed by atoms with Gasteiger partial charge in [0.25, 0.3) is 0 Å². The fraction of sp³-hybridized carbons (Fsp3) is 0.391. The third-order valence-corrected chi connectivity index (χ3v) is 4.31. The largest absolute Gasteiger partial charge is 0.490 e. The van der Waals surface area contributed by atoms with E-state index in [1.807, 2.05) is 39.0 Å². The highest BCUT2D eigenvalue weighted by atomic mass is 127. The minimum atomic E-state index is -0.342. The van der Waals surface area contributed by atoms with Crippen LogP contribution < -0.4 is 25.4 Å². The predicted molar refractivity (Wildman–Crippen MR) is 135 cm³/mol. The van der Waals surface area contributed by atoms with Crippen LogP contribution in [0.3, 0.4) is 0 Å². The Labute approximate surface area is 205 Å². The molecule has 174 valence electrons. The molecule has 32 heavy (non-hydrogen) atoms. The van der Waals surface area contributed by atoms with E-state index >= 15 is 0 Å². The SMILES string of the molecule is CC(C)(C)NC(=O)CNC(=NCc1ccccc1F)Nc1ccc2c(c1)OCCCO2.I. The van der Waals surface area contributed by atoms with Crippen LogP contribution in [0.4, 0.5) is 10.1 Å². The number of rotatable bonds is 5. The minimum absolute atomic E-state index is 0. The molecule has 0 aromatic heterocycles.